The molecule has 1 heterocycles. The number of rotatable bonds is 1. The maximum atomic E-state index is 8.92. The van der Waals surface area contributed by atoms with Gasteiger partial charge in [0.15, 0.2) is 0 Å². The van der Waals surface area contributed by atoms with E-state index in [1.807, 2.05) is 0 Å². The third kappa shape index (κ3) is 1.21. The van der Waals surface area contributed by atoms with Crippen LogP contribution in [0.2, 0.25) is 0 Å². The minimum Gasteiger partial charge on any atom is -0.394 e. The molecule has 4 heteroatoms. The highest BCUT2D eigenvalue weighted by atomic mass is 16.5. The number of hydrogen-bond donors (Lipinski definition) is 3. The van der Waals surface area contributed by atoms with Crippen LogP contribution in [0.25, 0.3) is 0 Å². The zero-order valence-corrected chi connectivity index (χ0v) is 4.90. The van der Waals surface area contributed by atoms with Crippen LogP contribution in [0, 0.1) is 0 Å². The van der Waals surface area contributed by atoms with Gasteiger partial charge >= 0.3 is 0 Å². The van der Waals surface area contributed by atoms with Crippen molar-refractivity contribution in [1.82, 2.24) is 0 Å². The molecule has 0 saturated carbocycles. The van der Waals surface area contributed by atoms with E-state index >= 15 is 0 Å². The SMILES string of the molecule is OC[C@@H]1OCC(O)[C@H]1O. The summed E-state index contributed by atoms with van der Waals surface area (Å²) < 4.78 is 4.78. The topological polar surface area (TPSA) is 69.9 Å². The molecule has 0 spiro atoms. The van der Waals surface area contributed by atoms with Crippen LogP contribution in [0.5, 0.6) is 0 Å². The fourth-order valence-electron chi connectivity index (χ4n) is 0.828. The van der Waals surface area contributed by atoms with E-state index in [4.69, 9.17) is 20.1 Å². The first-order valence-corrected chi connectivity index (χ1v) is 2.84. The maximum Gasteiger partial charge on any atom is 0.110 e. The molecule has 0 aromatic rings. The zero-order chi connectivity index (χ0) is 6.85. The number of aliphatic hydroxyl groups excluding tert-OH is 3. The van der Waals surface area contributed by atoms with Crippen LogP contribution in [-0.2, 0) is 4.74 Å². The Bertz CT molecular complexity index is 95.0. The van der Waals surface area contributed by atoms with Gasteiger partial charge in [0.25, 0.3) is 0 Å². The third-order valence-electron chi connectivity index (χ3n) is 1.44. The highest BCUT2D eigenvalue weighted by molar-refractivity contribution is 4.81. The minimum absolute atomic E-state index is 0.117. The van der Waals surface area contributed by atoms with Crippen molar-refractivity contribution >= 4 is 0 Å². The number of ether oxygens (including phenoxy) is 1. The normalized spacial score (nSPS) is 43.7. The molecule has 1 unspecified atom stereocenters. The summed E-state index contributed by atoms with van der Waals surface area (Å²) in [6.07, 6.45) is -2.35. The van der Waals surface area contributed by atoms with Gasteiger partial charge in [-0.15, -0.1) is 0 Å². The second kappa shape index (κ2) is 2.62. The van der Waals surface area contributed by atoms with Gasteiger partial charge in [0.05, 0.1) is 13.2 Å². The van der Waals surface area contributed by atoms with Crippen LogP contribution >= 0.6 is 0 Å². The molecule has 0 aromatic carbocycles. The van der Waals surface area contributed by atoms with E-state index in [2.05, 4.69) is 0 Å². The molecule has 0 aliphatic carbocycles. The van der Waals surface area contributed by atoms with E-state index in [-0.39, 0.29) is 13.2 Å². The Morgan fingerprint density at radius 1 is 1.44 bits per heavy atom. The van der Waals surface area contributed by atoms with Crippen molar-refractivity contribution in [2.75, 3.05) is 13.2 Å². The van der Waals surface area contributed by atoms with Gasteiger partial charge < -0.3 is 20.1 Å². The fraction of sp³-hybridized carbons (Fsp3) is 1.00. The smallest absolute Gasteiger partial charge is 0.110 e. The lowest BCUT2D eigenvalue weighted by molar-refractivity contribution is -0.00588. The standard InChI is InChI=1S/C5H10O4/c6-1-4-5(8)3(7)2-9-4/h3-8H,1-2H2/t3?,4-,5+/m0/s1. The van der Waals surface area contributed by atoms with Crippen LogP contribution in [-0.4, -0.2) is 46.8 Å². The quantitative estimate of drug-likeness (QED) is 0.392. The van der Waals surface area contributed by atoms with Crippen LogP contribution in [0.1, 0.15) is 0 Å². The van der Waals surface area contributed by atoms with E-state index in [9.17, 15) is 0 Å². The highest BCUT2D eigenvalue weighted by Crippen LogP contribution is 2.12. The monoisotopic (exact) mass is 134 g/mol. The molecular weight excluding hydrogens is 124 g/mol. The summed E-state index contributed by atoms with van der Waals surface area (Å²) in [6, 6.07) is 0. The predicted molar refractivity (Wildman–Crippen MR) is 28.8 cm³/mol. The Kier molecular flexibility index (Phi) is 2.02. The molecule has 0 radical (unpaired) electrons. The van der Waals surface area contributed by atoms with Crippen molar-refractivity contribution in [3.8, 4) is 0 Å². The molecule has 1 saturated heterocycles. The summed E-state index contributed by atoms with van der Waals surface area (Å²) in [5.74, 6) is 0. The van der Waals surface area contributed by atoms with Crippen LogP contribution in [0.15, 0.2) is 0 Å². The second-order valence-electron chi connectivity index (χ2n) is 2.11. The molecule has 1 rings (SSSR count). The van der Waals surface area contributed by atoms with Crippen molar-refractivity contribution in [3.05, 3.63) is 0 Å². The molecule has 0 amide bonds. The molecule has 0 bridgehead atoms. The lowest BCUT2D eigenvalue weighted by Gasteiger charge is -2.10. The van der Waals surface area contributed by atoms with Gasteiger partial charge in [0.1, 0.15) is 18.3 Å². The van der Waals surface area contributed by atoms with E-state index in [0.29, 0.717) is 0 Å². The first-order valence-electron chi connectivity index (χ1n) is 2.84. The summed E-state index contributed by atoms with van der Waals surface area (Å²) >= 11 is 0. The van der Waals surface area contributed by atoms with Gasteiger partial charge in [0, 0.05) is 0 Å². The van der Waals surface area contributed by atoms with E-state index in [1.54, 1.807) is 0 Å². The van der Waals surface area contributed by atoms with Gasteiger partial charge in [-0.1, -0.05) is 0 Å². The highest BCUT2D eigenvalue weighted by Gasteiger charge is 2.33. The third-order valence-corrected chi connectivity index (χ3v) is 1.44. The van der Waals surface area contributed by atoms with Crippen LogP contribution in [0.4, 0.5) is 0 Å². The molecule has 3 atom stereocenters. The van der Waals surface area contributed by atoms with Gasteiger partial charge in [-0.2, -0.15) is 0 Å². The van der Waals surface area contributed by atoms with E-state index in [0.717, 1.165) is 0 Å². The van der Waals surface area contributed by atoms with Crippen molar-refractivity contribution < 1.29 is 20.1 Å². The summed E-state index contributed by atoms with van der Waals surface area (Å²) in [4.78, 5) is 0. The lowest BCUT2D eigenvalue weighted by Crippen LogP contribution is -2.31. The Balaban J connectivity index is 2.41. The summed E-state index contributed by atoms with van der Waals surface area (Å²) in [6.45, 7) is -0.120. The molecule has 1 aliphatic rings. The molecule has 1 aliphatic heterocycles. The zero-order valence-electron chi connectivity index (χ0n) is 4.90. The number of hydrogen-bond acceptors (Lipinski definition) is 4. The largest absolute Gasteiger partial charge is 0.394 e. The van der Waals surface area contributed by atoms with Gasteiger partial charge in [-0.25, -0.2) is 0 Å². The summed E-state index contributed by atoms with van der Waals surface area (Å²) in [7, 11) is 0. The Hall–Kier alpha value is -0.160. The Morgan fingerprint density at radius 3 is 2.33 bits per heavy atom. The molecular formula is C5H10O4. The molecule has 9 heavy (non-hydrogen) atoms. The summed E-state index contributed by atoms with van der Waals surface area (Å²) in [5, 5.41) is 26.2. The van der Waals surface area contributed by atoms with Gasteiger partial charge in [-0.05, 0) is 0 Å². The van der Waals surface area contributed by atoms with E-state index < -0.39 is 18.3 Å². The average Bonchev–Trinajstić information content (AvgIpc) is 2.15. The summed E-state index contributed by atoms with van der Waals surface area (Å²) in [5.41, 5.74) is 0. The van der Waals surface area contributed by atoms with Crippen molar-refractivity contribution in [3.63, 3.8) is 0 Å². The maximum absolute atomic E-state index is 8.92. The molecule has 3 N–H and O–H groups in total. The van der Waals surface area contributed by atoms with Crippen LogP contribution in [0.3, 0.4) is 0 Å². The fourth-order valence-corrected chi connectivity index (χ4v) is 0.828. The Morgan fingerprint density at radius 2 is 2.11 bits per heavy atom. The first kappa shape index (κ1) is 6.95. The van der Waals surface area contributed by atoms with Crippen molar-refractivity contribution in [2.45, 2.75) is 18.3 Å². The predicted octanol–water partition coefficient (Wildman–Crippen LogP) is -1.90. The average molecular weight is 134 g/mol. The lowest BCUT2D eigenvalue weighted by atomic mass is 10.2. The van der Waals surface area contributed by atoms with Crippen LogP contribution < -0.4 is 0 Å². The van der Waals surface area contributed by atoms with E-state index in [1.165, 1.54) is 0 Å². The molecule has 4 nitrogen and oxygen atoms in total. The van der Waals surface area contributed by atoms with Gasteiger partial charge in [0.2, 0.25) is 0 Å². The number of aliphatic hydroxyl groups is 3. The molecule has 0 aromatic heterocycles. The first-order chi connectivity index (χ1) is 4.25. The second-order valence-corrected chi connectivity index (χ2v) is 2.11. The minimum atomic E-state index is -0.921. The van der Waals surface area contributed by atoms with Gasteiger partial charge in [-0.3, -0.25) is 0 Å². The molecule has 1 fully saturated rings. The van der Waals surface area contributed by atoms with Crippen molar-refractivity contribution in [1.29, 1.82) is 0 Å². The van der Waals surface area contributed by atoms with Crippen molar-refractivity contribution in [2.24, 2.45) is 0 Å². The Labute approximate surface area is 52.7 Å². The molecule has 54 valence electrons.